The van der Waals surface area contributed by atoms with Crippen LogP contribution in [0.3, 0.4) is 0 Å². The molecular formula is C15H18Cl2N2O2. The summed E-state index contributed by atoms with van der Waals surface area (Å²) in [7, 11) is 1.37. The standard InChI is InChI=1S/C15H16N2O2.2ClH/c1-19-15(18)12-4-2-11(3-5-12)13-7-9-17-14(10-13)6-8-16;;/h2-5,7,9-10H,6,8,16H2,1H3;2*1H. The third kappa shape index (κ3) is 5.01. The molecule has 0 fully saturated rings. The second-order valence-corrected chi connectivity index (χ2v) is 4.14. The fraction of sp³-hybridized carbons (Fsp3) is 0.200. The Morgan fingerprint density at radius 1 is 1.14 bits per heavy atom. The molecule has 4 nitrogen and oxygen atoms in total. The van der Waals surface area contributed by atoms with Crippen molar-refractivity contribution in [1.29, 1.82) is 0 Å². The molecule has 0 aliphatic carbocycles. The van der Waals surface area contributed by atoms with Crippen LogP contribution in [-0.2, 0) is 11.2 Å². The van der Waals surface area contributed by atoms with Crippen LogP contribution < -0.4 is 5.73 Å². The maximum absolute atomic E-state index is 11.4. The van der Waals surface area contributed by atoms with Gasteiger partial charge in [-0.15, -0.1) is 24.8 Å². The van der Waals surface area contributed by atoms with Crippen molar-refractivity contribution < 1.29 is 9.53 Å². The topological polar surface area (TPSA) is 65.2 Å². The van der Waals surface area contributed by atoms with Crippen molar-refractivity contribution in [2.45, 2.75) is 6.42 Å². The second-order valence-electron chi connectivity index (χ2n) is 4.14. The number of halogens is 2. The zero-order chi connectivity index (χ0) is 13.7. The number of carbonyl (C=O) groups is 1. The van der Waals surface area contributed by atoms with E-state index in [0.29, 0.717) is 12.1 Å². The first-order chi connectivity index (χ1) is 9.24. The number of nitrogens with zero attached hydrogens (tertiary/aromatic N) is 1. The number of aromatic nitrogens is 1. The molecule has 0 atom stereocenters. The predicted molar refractivity (Wildman–Crippen MR) is 88.3 cm³/mol. The summed E-state index contributed by atoms with van der Waals surface area (Å²) in [5, 5.41) is 0. The summed E-state index contributed by atoms with van der Waals surface area (Å²) in [5.74, 6) is -0.329. The van der Waals surface area contributed by atoms with E-state index in [0.717, 1.165) is 23.2 Å². The van der Waals surface area contributed by atoms with Gasteiger partial charge in [0.1, 0.15) is 0 Å². The van der Waals surface area contributed by atoms with Gasteiger partial charge >= 0.3 is 5.97 Å². The fourth-order valence-electron chi connectivity index (χ4n) is 1.86. The van der Waals surface area contributed by atoms with Crippen LogP contribution in [0.5, 0.6) is 0 Å². The molecule has 1 aromatic heterocycles. The number of rotatable bonds is 4. The van der Waals surface area contributed by atoms with E-state index in [1.54, 1.807) is 18.3 Å². The van der Waals surface area contributed by atoms with E-state index in [9.17, 15) is 4.79 Å². The number of ether oxygens (including phenoxy) is 1. The van der Waals surface area contributed by atoms with E-state index in [-0.39, 0.29) is 30.8 Å². The van der Waals surface area contributed by atoms with Gasteiger partial charge in [-0.2, -0.15) is 0 Å². The Labute approximate surface area is 136 Å². The molecule has 2 rings (SSSR count). The number of nitrogens with two attached hydrogens (primary N) is 1. The molecule has 114 valence electrons. The van der Waals surface area contributed by atoms with E-state index < -0.39 is 0 Å². The van der Waals surface area contributed by atoms with E-state index in [2.05, 4.69) is 9.72 Å². The van der Waals surface area contributed by atoms with Gasteiger partial charge in [0.15, 0.2) is 0 Å². The minimum atomic E-state index is -0.329. The molecule has 0 bridgehead atoms. The highest BCUT2D eigenvalue weighted by Crippen LogP contribution is 2.20. The zero-order valence-electron chi connectivity index (χ0n) is 11.6. The molecule has 1 heterocycles. The number of pyridine rings is 1. The Bertz CT molecular complexity index is 574. The van der Waals surface area contributed by atoms with Crippen LogP contribution in [0.1, 0.15) is 16.1 Å². The molecule has 0 aliphatic heterocycles. The number of carbonyl (C=O) groups excluding carboxylic acids is 1. The largest absolute Gasteiger partial charge is 0.465 e. The van der Waals surface area contributed by atoms with Crippen molar-refractivity contribution in [3.05, 3.63) is 53.9 Å². The van der Waals surface area contributed by atoms with Gasteiger partial charge in [0.25, 0.3) is 0 Å². The van der Waals surface area contributed by atoms with E-state index >= 15 is 0 Å². The monoisotopic (exact) mass is 328 g/mol. The molecule has 0 saturated carbocycles. The first-order valence-corrected chi connectivity index (χ1v) is 6.08. The third-order valence-electron chi connectivity index (χ3n) is 2.86. The van der Waals surface area contributed by atoms with Crippen LogP contribution in [0, 0.1) is 0 Å². The first-order valence-electron chi connectivity index (χ1n) is 6.08. The average molecular weight is 329 g/mol. The summed E-state index contributed by atoms with van der Waals surface area (Å²) < 4.78 is 4.67. The first kappa shape index (κ1) is 19.4. The zero-order valence-corrected chi connectivity index (χ0v) is 13.2. The second kappa shape index (κ2) is 9.34. The molecule has 21 heavy (non-hydrogen) atoms. The third-order valence-corrected chi connectivity index (χ3v) is 2.86. The normalized spacial score (nSPS) is 9.24. The highest BCUT2D eigenvalue weighted by Gasteiger charge is 2.05. The number of esters is 1. The number of hydrogen-bond acceptors (Lipinski definition) is 4. The van der Waals surface area contributed by atoms with Crippen LogP contribution in [0.15, 0.2) is 42.6 Å². The van der Waals surface area contributed by atoms with Gasteiger partial charge in [0.05, 0.1) is 12.7 Å². The molecule has 6 heteroatoms. The van der Waals surface area contributed by atoms with Crippen LogP contribution >= 0.6 is 24.8 Å². The lowest BCUT2D eigenvalue weighted by atomic mass is 10.0. The Kier molecular flexibility index (Phi) is 8.62. The lowest BCUT2D eigenvalue weighted by Crippen LogP contribution is -2.04. The summed E-state index contributed by atoms with van der Waals surface area (Å²) >= 11 is 0. The van der Waals surface area contributed by atoms with Crippen LogP contribution in [0.4, 0.5) is 0 Å². The maximum Gasteiger partial charge on any atom is 0.337 e. The summed E-state index contributed by atoms with van der Waals surface area (Å²) in [6.07, 6.45) is 2.53. The summed E-state index contributed by atoms with van der Waals surface area (Å²) in [5.41, 5.74) is 9.14. The van der Waals surface area contributed by atoms with Gasteiger partial charge in [-0.1, -0.05) is 12.1 Å². The Hall–Kier alpha value is -1.62. The van der Waals surface area contributed by atoms with Crippen molar-refractivity contribution >= 4 is 30.8 Å². The van der Waals surface area contributed by atoms with Crippen molar-refractivity contribution in [3.8, 4) is 11.1 Å². The SMILES string of the molecule is COC(=O)c1ccc(-c2ccnc(CCN)c2)cc1.Cl.Cl. The summed E-state index contributed by atoms with van der Waals surface area (Å²) in [6, 6.07) is 11.3. The van der Waals surface area contributed by atoms with Crippen LogP contribution in [0.2, 0.25) is 0 Å². The minimum absolute atomic E-state index is 0. The molecule has 2 N–H and O–H groups in total. The minimum Gasteiger partial charge on any atom is -0.465 e. The number of methoxy groups -OCH3 is 1. The molecule has 0 saturated heterocycles. The maximum atomic E-state index is 11.4. The molecule has 0 unspecified atom stereocenters. The Morgan fingerprint density at radius 3 is 2.38 bits per heavy atom. The van der Waals surface area contributed by atoms with Crippen LogP contribution in [-0.4, -0.2) is 24.6 Å². The molecule has 0 amide bonds. The van der Waals surface area contributed by atoms with Gasteiger partial charge in [-0.25, -0.2) is 4.79 Å². The number of hydrogen-bond donors (Lipinski definition) is 1. The highest BCUT2D eigenvalue weighted by atomic mass is 35.5. The molecule has 2 aromatic rings. The average Bonchev–Trinajstić information content (AvgIpc) is 2.47. The van der Waals surface area contributed by atoms with Crippen molar-refractivity contribution in [2.24, 2.45) is 5.73 Å². The predicted octanol–water partition coefficient (Wildman–Crippen LogP) is 2.88. The van der Waals surface area contributed by atoms with Crippen molar-refractivity contribution in [2.75, 3.05) is 13.7 Å². The smallest absolute Gasteiger partial charge is 0.337 e. The van der Waals surface area contributed by atoms with Crippen LogP contribution in [0.25, 0.3) is 11.1 Å². The summed E-state index contributed by atoms with van der Waals surface area (Å²) in [6.45, 7) is 0.581. The van der Waals surface area contributed by atoms with Gasteiger partial charge in [0, 0.05) is 18.3 Å². The van der Waals surface area contributed by atoms with E-state index in [1.807, 2.05) is 24.3 Å². The van der Waals surface area contributed by atoms with Gasteiger partial charge in [-0.05, 0) is 41.9 Å². The lowest BCUT2D eigenvalue weighted by Gasteiger charge is -2.05. The van der Waals surface area contributed by atoms with E-state index in [1.165, 1.54) is 7.11 Å². The highest BCUT2D eigenvalue weighted by molar-refractivity contribution is 5.90. The molecular weight excluding hydrogens is 311 g/mol. The molecule has 0 spiro atoms. The molecule has 1 aromatic carbocycles. The number of benzene rings is 1. The Balaban J connectivity index is 0.00000200. The Morgan fingerprint density at radius 2 is 1.81 bits per heavy atom. The quantitative estimate of drug-likeness (QED) is 0.876. The molecule has 0 aliphatic rings. The van der Waals surface area contributed by atoms with Gasteiger partial charge < -0.3 is 10.5 Å². The van der Waals surface area contributed by atoms with Crippen molar-refractivity contribution in [3.63, 3.8) is 0 Å². The van der Waals surface area contributed by atoms with Gasteiger partial charge in [0.2, 0.25) is 0 Å². The fourth-order valence-corrected chi connectivity index (χ4v) is 1.86. The lowest BCUT2D eigenvalue weighted by molar-refractivity contribution is 0.0601. The van der Waals surface area contributed by atoms with Crippen molar-refractivity contribution in [1.82, 2.24) is 4.98 Å². The summed E-state index contributed by atoms with van der Waals surface area (Å²) in [4.78, 5) is 15.6. The van der Waals surface area contributed by atoms with Gasteiger partial charge in [-0.3, -0.25) is 4.98 Å². The molecule has 0 radical (unpaired) electrons. The van der Waals surface area contributed by atoms with E-state index in [4.69, 9.17) is 5.73 Å².